The van der Waals surface area contributed by atoms with E-state index in [9.17, 15) is 18.0 Å². The molecular weight excluding hydrogens is 279 g/mol. The number of halogens is 3. The van der Waals surface area contributed by atoms with E-state index in [2.05, 4.69) is 4.98 Å². The van der Waals surface area contributed by atoms with Crippen molar-refractivity contribution in [3.63, 3.8) is 0 Å². The molecule has 0 fully saturated rings. The monoisotopic (exact) mass is 287 g/mol. The molecule has 0 amide bonds. The van der Waals surface area contributed by atoms with E-state index in [-0.39, 0.29) is 11.3 Å². The van der Waals surface area contributed by atoms with Crippen molar-refractivity contribution in [2.75, 3.05) is 7.11 Å². The number of aromatic carboxylic acids is 1. The second-order valence-corrected chi connectivity index (χ2v) is 3.69. The van der Waals surface area contributed by atoms with Gasteiger partial charge in [0, 0.05) is 6.07 Å². The summed E-state index contributed by atoms with van der Waals surface area (Å²) in [6, 6.07) is 3.56. The average Bonchev–Trinajstić information content (AvgIpc) is 2.83. The van der Waals surface area contributed by atoms with Crippen LogP contribution in [0, 0.1) is 5.82 Å². The van der Waals surface area contributed by atoms with Gasteiger partial charge in [0.05, 0.1) is 12.7 Å². The molecule has 0 saturated carbocycles. The lowest BCUT2D eigenvalue weighted by molar-refractivity contribution is 0.0646. The highest BCUT2D eigenvalue weighted by atomic mass is 19.3. The Morgan fingerprint density at radius 1 is 1.45 bits per heavy atom. The third-order valence-corrected chi connectivity index (χ3v) is 2.46. The van der Waals surface area contributed by atoms with Gasteiger partial charge in [-0.2, -0.15) is 0 Å². The zero-order valence-corrected chi connectivity index (χ0v) is 10.1. The summed E-state index contributed by atoms with van der Waals surface area (Å²) in [6.45, 7) is 0. The molecular formula is C12H8F3NO4. The van der Waals surface area contributed by atoms with Gasteiger partial charge in [-0.1, -0.05) is 0 Å². The second-order valence-electron chi connectivity index (χ2n) is 3.69. The van der Waals surface area contributed by atoms with Gasteiger partial charge in [-0.25, -0.2) is 22.9 Å². The lowest BCUT2D eigenvalue weighted by Gasteiger charge is -2.02. The van der Waals surface area contributed by atoms with Crippen LogP contribution in [0.2, 0.25) is 0 Å². The summed E-state index contributed by atoms with van der Waals surface area (Å²) in [5, 5.41) is 8.75. The summed E-state index contributed by atoms with van der Waals surface area (Å²) in [5.41, 5.74) is -1.28. The minimum atomic E-state index is -3.14. The summed E-state index contributed by atoms with van der Waals surface area (Å²) in [7, 11) is 1.33. The first-order valence-electron chi connectivity index (χ1n) is 5.30. The first-order valence-corrected chi connectivity index (χ1v) is 5.30. The Morgan fingerprint density at radius 3 is 2.60 bits per heavy atom. The van der Waals surface area contributed by atoms with Gasteiger partial charge in [-0.3, -0.25) is 0 Å². The van der Waals surface area contributed by atoms with Gasteiger partial charge < -0.3 is 14.3 Å². The number of oxazole rings is 1. The lowest BCUT2D eigenvalue weighted by atomic mass is 10.2. The number of carboxylic acid groups (broad SMARTS) is 1. The number of benzene rings is 1. The van der Waals surface area contributed by atoms with E-state index in [0.29, 0.717) is 0 Å². The Morgan fingerprint density at radius 2 is 2.15 bits per heavy atom. The topological polar surface area (TPSA) is 72.6 Å². The van der Waals surface area contributed by atoms with Gasteiger partial charge in [0.1, 0.15) is 11.6 Å². The molecule has 1 N–H and O–H groups in total. The minimum absolute atomic E-state index is 0.213. The summed E-state index contributed by atoms with van der Waals surface area (Å²) in [4.78, 5) is 14.1. The number of hydrogen-bond donors (Lipinski definition) is 1. The van der Waals surface area contributed by atoms with Crippen molar-refractivity contribution in [3.8, 4) is 17.2 Å². The van der Waals surface area contributed by atoms with Gasteiger partial charge in [0.15, 0.2) is 5.69 Å². The van der Waals surface area contributed by atoms with E-state index in [1.165, 1.54) is 19.2 Å². The summed E-state index contributed by atoms with van der Waals surface area (Å²) < 4.78 is 48.5. The molecule has 8 heteroatoms. The Labute approximate surface area is 110 Å². The summed E-state index contributed by atoms with van der Waals surface area (Å²) >= 11 is 0. The van der Waals surface area contributed by atoms with Crippen LogP contribution in [-0.2, 0) is 0 Å². The normalized spacial score (nSPS) is 10.8. The number of alkyl halides is 2. The Hall–Kier alpha value is -2.51. The van der Waals surface area contributed by atoms with Crippen molar-refractivity contribution in [3.05, 3.63) is 35.5 Å². The molecule has 0 spiro atoms. The largest absolute Gasteiger partial charge is 0.497 e. The molecule has 0 aliphatic carbocycles. The van der Waals surface area contributed by atoms with Crippen LogP contribution in [0.3, 0.4) is 0 Å². The van der Waals surface area contributed by atoms with E-state index in [1.807, 2.05) is 0 Å². The highest BCUT2D eigenvalue weighted by molar-refractivity contribution is 5.86. The molecule has 1 aromatic heterocycles. The van der Waals surface area contributed by atoms with E-state index in [1.54, 1.807) is 0 Å². The van der Waals surface area contributed by atoms with Gasteiger partial charge >= 0.3 is 5.97 Å². The highest BCUT2D eigenvalue weighted by Crippen LogP contribution is 2.31. The van der Waals surface area contributed by atoms with Crippen molar-refractivity contribution < 1.29 is 32.2 Å². The fourth-order valence-electron chi connectivity index (χ4n) is 1.54. The summed E-state index contributed by atoms with van der Waals surface area (Å²) in [6.07, 6.45) is -3.14. The van der Waals surface area contributed by atoms with Gasteiger partial charge in [-0.05, 0) is 12.1 Å². The number of ether oxygens (including phenoxy) is 1. The van der Waals surface area contributed by atoms with Crippen LogP contribution in [0.15, 0.2) is 22.6 Å². The number of aromatic nitrogens is 1. The summed E-state index contributed by atoms with van der Waals surface area (Å²) in [5.74, 6) is -3.86. The molecule has 1 aromatic carbocycles. The number of methoxy groups -OCH3 is 1. The van der Waals surface area contributed by atoms with Gasteiger partial charge in [-0.15, -0.1) is 0 Å². The van der Waals surface area contributed by atoms with Crippen LogP contribution in [-0.4, -0.2) is 23.2 Å². The smallest absolute Gasteiger partial charge is 0.374 e. The van der Waals surface area contributed by atoms with E-state index in [0.717, 1.165) is 6.07 Å². The zero-order chi connectivity index (χ0) is 14.9. The minimum Gasteiger partial charge on any atom is -0.497 e. The standard InChI is InChI=1S/C12H8F3NO4/c1-19-5-2-3-6(7(13)4-5)11-16-8(10(14)15)9(20-11)12(17)18/h2-4,10H,1H3,(H,17,18). The first-order chi connectivity index (χ1) is 9.43. The third-order valence-electron chi connectivity index (χ3n) is 2.46. The second kappa shape index (κ2) is 5.24. The third kappa shape index (κ3) is 2.44. The molecule has 0 atom stereocenters. The predicted octanol–water partition coefficient (Wildman–Crippen LogP) is 3.13. The van der Waals surface area contributed by atoms with E-state index in [4.69, 9.17) is 14.3 Å². The molecule has 20 heavy (non-hydrogen) atoms. The Bertz CT molecular complexity index is 654. The molecule has 1 heterocycles. The van der Waals surface area contributed by atoms with Crippen molar-refractivity contribution in [2.45, 2.75) is 6.43 Å². The van der Waals surface area contributed by atoms with Gasteiger partial charge in [0.25, 0.3) is 6.43 Å². The Balaban J connectivity index is 2.53. The van der Waals surface area contributed by atoms with Crippen LogP contribution in [0.25, 0.3) is 11.5 Å². The lowest BCUT2D eigenvalue weighted by Crippen LogP contribution is -1.99. The molecule has 0 saturated heterocycles. The molecule has 0 aliphatic rings. The predicted molar refractivity (Wildman–Crippen MR) is 60.4 cm³/mol. The van der Waals surface area contributed by atoms with Crippen molar-refractivity contribution in [1.82, 2.24) is 4.98 Å². The van der Waals surface area contributed by atoms with E-state index >= 15 is 0 Å². The fraction of sp³-hybridized carbons (Fsp3) is 0.167. The molecule has 2 aromatic rings. The maximum Gasteiger partial charge on any atom is 0.374 e. The van der Waals surface area contributed by atoms with Gasteiger partial charge in [0.2, 0.25) is 11.7 Å². The molecule has 106 valence electrons. The number of nitrogens with zero attached hydrogens (tertiary/aromatic N) is 1. The number of rotatable bonds is 4. The molecule has 5 nitrogen and oxygen atoms in total. The Kier molecular flexibility index (Phi) is 3.64. The average molecular weight is 287 g/mol. The van der Waals surface area contributed by atoms with Crippen LogP contribution >= 0.6 is 0 Å². The van der Waals surface area contributed by atoms with Crippen molar-refractivity contribution in [1.29, 1.82) is 0 Å². The molecule has 2 rings (SSSR count). The van der Waals surface area contributed by atoms with Crippen molar-refractivity contribution >= 4 is 5.97 Å². The molecule has 0 radical (unpaired) electrons. The zero-order valence-electron chi connectivity index (χ0n) is 10.1. The SMILES string of the molecule is COc1ccc(-c2nc(C(F)F)c(C(=O)O)o2)c(F)c1. The van der Waals surface area contributed by atoms with Crippen LogP contribution < -0.4 is 4.74 Å². The molecule has 0 bridgehead atoms. The van der Waals surface area contributed by atoms with Crippen LogP contribution in [0.1, 0.15) is 22.7 Å². The van der Waals surface area contributed by atoms with Crippen LogP contribution in [0.5, 0.6) is 5.75 Å². The maximum atomic E-state index is 13.8. The van der Waals surface area contributed by atoms with E-state index < -0.39 is 35.6 Å². The highest BCUT2D eigenvalue weighted by Gasteiger charge is 2.27. The van der Waals surface area contributed by atoms with Crippen LogP contribution in [0.4, 0.5) is 13.2 Å². The first kappa shape index (κ1) is 13.9. The maximum absolute atomic E-state index is 13.8. The quantitative estimate of drug-likeness (QED) is 0.935. The number of hydrogen-bond acceptors (Lipinski definition) is 4. The fourth-order valence-corrected chi connectivity index (χ4v) is 1.54. The number of carboxylic acids is 1. The molecule has 0 unspecified atom stereocenters. The van der Waals surface area contributed by atoms with Crippen molar-refractivity contribution in [2.24, 2.45) is 0 Å². The number of carbonyl (C=O) groups is 1. The molecule has 0 aliphatic heterocycles.